The fourth-order valence-corrected chi connectivity index (χ4v) is 2.80. The van der Waals surface area contributed by atoms with E-state index in [4.69, 9.17) is 0 Å². The molecule has 19 heavy (non-hydrogen) atoms. The molecule has 2 unspecified atom stereocenters. The van der Waals surface area contributed by atoms with E-state index in [9.17, 15) is 4.79 Å². The van der Waals surface area contributed by atoms with Gasteiger partial charge >= 0.3 is 0 Å². The van der Waals surface area contributed by atoms with Crippen LogP contribution in [0.1, 0.15) is 53.4 Å². The van der Waals surface area contributed by atoms with Crippen LogP contribution in [0.3, 0.4) is 0 Å². The second kappa shape index (κ2) is 5.35. The molecule has 1 heterocycles. The van der Waals surface area contributed by atoms with Crippen molar-refractivity contribution in [3.8, 4) is 0 Å². The molecule has 1 aromatic heterocycles. The first kappa shape index (κ1) is 14.1. The van der Waals surface area contributed by atoms with E-state index in [-0.39, 0.29) is 11.1 Å². The fourth-order valence-electron chi connectivity index (χ4n) is 2.80. The lowest BCUT2D eigenvalue weighted by molar-refractivity contribution is 0.356. The minimum atomic E-state index is -0.212. The predicted molar refractivity (Wildman–Crippen MR) is 78.5 cm³/mol. The van der Waals surface area contributed by atoms with Crippen LogP contribution in [0.25, 0.3) is 0 Å². The monoisotopic (exact) mass is 263 g/mol. The van der Waals surface area contributed by atoms with E-state index < -0.39 is 0 Å². The Morgan fingerprint density at radius 2 is 2.11 bits per heavy atom. The molecule has 0 aliphatic heterocycles. The van der Waals surface area contributed by atoms with Gasteiger partial charge in [0.2, 0.25) is 0 Å². The highest BCUT2D eigenvalue weighted by molar-refractivity contribution is 5.32. The number of anilines is 1. The van der Waals surface area contributed by atoms with Gasteiger partial charge in [0.15, 0.2) is 5.82 Å². The third kappa shape index (κ3) is 3.37. The molecule has 0 bridgehead atoms. The second-order valence-electron chi connectivity index (χ2n) is 6.73. The van der Waals surface area contributed by atoms with E-state index in [1.807, 2.05) is 20.8 Å². The average molecular weight is 263 g/mol. The summed E-state index contributed by atoms with van der Waals surface area (Å²) in [7, 11) is 0. The quantitative estimate of drug-likeness (QED) is 0.892. The molecule has 0 spiro atoms. The van der Waals surface area contributed by atoms with E-state index in [2.05, 4.69) is 17.2 Å². The van der Waals surface area contributed by atoms with Crippen molar-refractivity contribution in [1.82, 2.24) is 9.55 Å². The molecule has 1 saturated carbocycles. The van der Waals surface area contributed by atoms with Gasteiger partial charge in [-0.3, -0.25) is 4.79 Å². The van der Waals surface area contributed by atoms with Crippen molar-refractivity contribution in [2.75, 3.05) is 5.32 Å². The molecule has 2 rings (SSSR count). The van der Waals surface area contributed by atoms with Gasteiger partial charge in [0.05, 0.1) is 0 Å². The third-order valence-corrected chi connectivity index (χ3v) is 3.84. The highest BCUT2D eigenvalue weighted by Gasteiger charge is 2.21. The first-order valence-electron chi connectivity index (χ1n) is 7.22. The van der Waals surface area contributed by atoms with Crippen molar-refractivity contribution in [2.45, 2.75) is 65.0 Å². The molecular formula is C15H25N3O. The zero-order valence-corrected chi connectivity index (χ0v) is 12.4. The molecule has 0 amide bonds. The number of rotatable bonds is 2. The molecular weight excluding hydrogens is 238 g/mol. The molecule has 0 saturated heterocycles. The maximum Gasteiger partial charge on any atom is 0.293 e. The summed E-state index contributed by atoms with van der Waals surface area (Å²) in [6, 6.07) is 0.389. The van der Waals surface area contributed by atoms with Gasteiger partial charge in [0.1, 0.15) is 0 Å². The molecule has 0 radical (unpaired) electrons. The summed E-state index contributed by atoms with van der Waals surface area (Å²) in [5, 5.41) is 3.35. The molecule has 1 aromatic rings. The molecule has 0 aromatic carbocycles. The second-order valence-corrected chi connectivity index (χ2v) is 6.73. The normalized spacial score (nSPS) is 24.2. The Morgan fingerprint density at radius 1 is 1.37 bits per heavy atom. The van der Waals surface area contributed by atoms with Gasteiger partial charge in [0.25, 0.3) is 5.56 Å². The lowest BCUT2D eigenvalue weighted by Crippen LogP contribution is -2.37. The topological polar surface area (TPSA) is 46.9 Å². The summed E-state index contributed by atoms with van der Waals surface area (Å²) >= 11 is 0. The van der Waals surface area contributed by atoms with Gasteiger partial charge in [-0.15, -0.1) is 0 Å². The standard InChI is InChI=1S/C15H25N3O/c1-11-6-5-7-12(10-11)17-13-14(19)18(9-8-16-13)15(2,3)4/h8-9,11-12H,5-7,10H2,1-4H3,(H,16,17). The van der Waals surface area contributed by atoms with Crippen LogP contribution in [0.15, 0.2) is 17.2 Å². The van der Waals surface area contributed by atoms with Crippen LogP contribution in [0.2, 0.25) is 0 Å². The summed E-state index contributed by atoms with van der Waals surface area (Å²) < 4.78 is 1.74. The Kier molecular flexibility index (Phi) is 3.97. The highest BCUT2D eigenvalue weighted by atomic mass is 16.1. The van der Waals surface area contributed by atoms with Crippen molar-refractivity contribution in [3.05, 3.63) is 22.7 Å². The number of hydrogen-bond donors (Lipinski definition) is 1. The van der Waals surface area contributed by atoms with Gasteiger partial charge in [0, 0.05) is 24.0 Å². The van der Waals surface area contributed by atoms with Gasteiger partial charge in [-0.1, -0.05) is 19.8 Å². The van der Waals surface area contributed by atoms with E-state index in [0.717, 1.165) is 18.8 Å². The van der Waals surface area contributed by atoms with Crippen molar-refractivity contribution in [3.63, 3.8) is 0 Å². The van der Waals surface area contributed by atoms with Crippen LogP contribution < -0.4 is 10.9 Å². The van der Waals surface area contributed by atoms with Gasteiger partial charge in [-0.2, -0.15) is 0 Å². The summed E-state index contributed by atoms with van der Waals surface area (Å²) in [6.07, 6.45) is 8.27. The molecule has 1 aliphatic rings. The minimum absolute atomic E-state index is 0.0202. The number of hydrogen-bond acceptors (Lipinski definition) is 3. The lowest BCUT2D eigenvalue weighted by atomic mass is 9.87. The maximum atomic E-state index is 12.4. The zero-order chi connectivity index (χ0) is 14.0. The molecule has 1 fully saturated rings. The first-order chi connectivity index (χ1) is 8.88. The largest absolute Gasteiger partial charge is 0.363 e. The van der Waals surface area contributed by atoms with Crippen LogP contribution in [-0.2, 0) is 5.54 Å². The van der Waals surface area contributed by atoms with Gasteiger partial charge in [-0.05, 0) is 39.5 Å². The van der Waals surface area contributed by atoms with Crippen LogP contribution in [0, 0.1) is 5.92 Å². The van der Waals surface area contributed by atoms with E-state index in [1.165, 1.54) is 12.8 Å². The van der Waals surface area contributed by atoms with Crippen LogP contribution in [0.5, 0.6) is 0 Å². The Bertz CT molecular complexity index is 487. The Labute approximate surface area is 115 Å². The van der Waals surface area contributed by atoms with E-state index >= 15 is 0 Å². The lowest BCUT2D eigenvalue weighted by Gasteiger charge is -2.28. The Balaban J connectivity index is 2.19. The van der Waals surface area contributed by atoms with Crippen LogP contribution in [-0.4, -0.2) is 15.6 Å². The Hall–Kier alpha value is -1.32. The molecule has 4 heteroatoms. The fraction of sp³-hybridized carbons (Fsp3) is 0.733. The number of nitrogens with zero attached hydrogens (tertiary/aromatic N) is 2. The zero-order valence-electron chi connectivity index (χ0n) is 12.4. The highest BCUT2D eigenvalue weighted by Crippen LogP contribution is 2.25. The molecule has 2 atom stereocenters. The number of nitrogens with one attached hydrogen (secondary N) is 1. The maximum absolute atomic E-state index is 12.4. The molecule has 106 valence electrons. The molecule has 1 aliphatic carbocycles. The van der Waals surface area contributed by atoms with Crippen molar-refractivity contribution in [1.29, 1.82) is 0 Å². The average Bonchev–Trinajstić information content (AvgIpc) is 2.30. The minimum Gasteiger partial charge on any atom is -0.363 e. The molecule has 4 nitrogen and oxygen atoms in total. The number of aromatic nitrogens is 2. The van der Waals surface area contributed by atoms with Crippen molar-refractivity contribution < 1.29 is 0 Å². The van der Waals surface area contributed by atoms with Gasteiger partial charge < -0.3 is 9.88 Å². The summed E-state index contributed by atoms with van der Waals surface area (Å²) in [6.45, 7) is 8.36. The van der Waals surface area contributed by atoms with Crippen LogP contribution >= 0.6 is 0 Å². The van der Waals surface area contributed by atoms with E-state index in [1.54, 1.807) is 17.0 Å². The predicted octanol–water partition coefficient (Wildman–Crippen LogP) is 2.99. The van der Waals surface area contributed by atoms with Gasteiger partial charge in [-0.25, -0.2) is 4.98 Å². The summed E-state index contributed by atoms with van der Waals surface area (Å²) in [5.74, 6) is 1.23. The van der Waals surface area contributed by atoms with Crippen molar-refractivity contribution in [2.24, 2.45) is 5.92 Å². The van der Waals surface area contributed by atoms with E-state index in [0.29, 0.717) is 11.9 Å². The van der Waals surface area contributed by atoms with Crippen LogP contribution in [0.4, 0.5) is 5.82 Å². The SMILES string of the molecule is CC1CCCC(Nc2nccn(C(C)(C)C)c2=O)C1. The summed E-state index contributed by atoms with van der Waals surface area (Å²) in [5.41, 5.74) is -0.232. The summed E-state index contributed by atoms with van der Waals surface area (Å²) in [4.78, 5) is 16.6. The third-order valence-electron chi connectivity index (χ3n) is 3.84. The molecule has 1 N–H and O–H groups in total. The smallest absolute Gasteiger partial charge is 0.293 e. The first-order valence-corrected chi connectivity index (χ1v) is 7.22. The Morgan fingerprint density at radius 3 is 2.74 bits per heavy atom. The van der Waals surface area contributed by atoms with Crippen molar-refractivity contribution >= 4 is 5.82 Å².